The maximum absolute atomic E-state index is 11.6. The molecule has 1 atom stereocenters. The van der Waals surface area contributed by atoms with Gasteiger partial charge in [0.05, 0.1) is 6.54 Å². The predicted molar refractivity (Wildman–Crippen MR) is 58.9 cm³/mol. The molecule has 0 spiro atoms. The van der Waals surface area contributed by atoms with Gasteiger partial charge in [-0.15, -0.1) is 0 Å². The standard InChI is InChI=1S/C10H19N3O3/c11-8(10(15)16)6-12-7-9(14)13-4-2-1-3-5-13/h8,12H,1-7,11H2,(H,15,16). The number of hydrogen-bond donors (Lipinski definition) is 3. The highest BCUT2D eigenvalue weighted by atomic mass is 16.4. The zero-order valence-corrected chi connectivity index (χ0v) is 9.32. The SMILES string of the molecule is NC(CNCC(=O)N1CCCCC1)C(=O)O. The van der Waals surface area contributed by atoms with Crippen LogP contribution in [-0.2, 0) is 9.59 Å². The van der Waals surface area contributed by atoms with E-state index in [0.717, 1.165) is 25.9 Å². The molecular weight excluding hydrogens is 210 g/mol. The van der Waals surface area contributed by atoms with Gasteiger partial charge in [-0.3, -0.25) is 9.59 Å². The van der Waals surface area contributed by atoms with Gasteiger partial charge >= 0.3 is 5.97 Å². The van der Waals surface area contributed by atoms with Gasteiger partial charge in [-0.25, -0.2) is 0 Å². The number of carbonyl (C=O) groups excluding carboxylic acids is 1. The van der Waals surface area contributed by atoms with Crippen molar-refractivity contribution in [3.8, 4) is 0 Å². The number of amides is 1. The van der Waals surface area contributed by atoms with Crippen molar-refractivity contribution in [1.29, 1.82) is 0 Å². The number of carboxylic acids is 1. The van der Waals surface area contributed by atoms with Crippen molar-refractivity contribution >= 4 is 11.9 Å². The topological polar surface area (TPSA) is 95.7 Å². The lowest BCUT2D eigenvalue weighted by Gasteiger charge is -2.26. The summed E-state index contributed by atoms with van der Waals surface area (Å²) in [5.41, 5.74) is 5.29. The lowest BCUT2D eigenvalue weighted by Crippen LogP contribution is -2.45. The fourth-order valence-electron chi connectivity index (χ4n) is 1.68. The molecule has 0 radical (unpaired) electrons. The van der Waals surface area contributed by atoms with Crippen LogP contribution in [0.15, 0.2) is 0 Å². The summed E-state index contributed by atoms with van der Waals surface area (Å²) in [6, 6.07) is -0.950. The van der Waals surface area contributed by atoms with Crippen molar-refractivity contribution in [1.82, 2.24) is 10.2 Å². The first-order valence-corrected chi connectivity index (χ1v) is 5.58. The van der Waals surface area contributed by atoms with Crippen LogP contribution >= 0.6 is 0 Å². The van der Waals surface area contributed by atoms with Gasteiger partial charge in [0.15, 0.2) is 0 Å². The largest absolute Gasteiger partial charge is 0.480 e. The lowest BCUT2D eigenvalue weighted by atomic mass is 10.1. The Morgan fingerprint density at radius 3 is 2.50 bits per heavy atom. The molecule has 0 aliphatic carbocycles. The highest BCUT2D eigenvalue weighted by Gasteiger charge is 2.17. The van der Waals surface area contributed by atoms with E-state index >= 15 is 0 Å². The Morgan fingerprint density at radius 2 is 1.94 bits per heavy atom. The molecule has 1 aliphatic rings. The molecule has 1 unspecified atom stereocenters. The van der Waals surface area contributed by atoms with Gasteiger partial charge < -0.3 is 21.1 Å². The number of nitrogens with two attached hydrogens (primary N) is 1. The summed E-state index contributed by atoms with van der Waals surface area (Å²) < 4.78 is 0. The quantitative estimate of drug-likeness (QED) is 0.562. The van der Waals surface area contributed by atoms with Gasteiger partial charge in [0.25, 0.3) is 0 Å². The summed E-state index contributed by atoms with van der Waals surface area (Å²) in [6.07, 6.45) is 3.29. The minimum absolute atomic E-state index is 0.0253. The lowest BCUT2D eigenvalue weighted by molar-refractivity contribution is -0.138. The zero-order valence-electron chi connectivity index (χ0n) is 9.32. The van der Waals surface area contributed by atoms with Crippen LogP contribution in [0.2, 0.25) is 0 Å². The maximum Gasteiger partial charge on any atom is 0.321 e. The number of aliphatic carboxylic acids is 1. The molecule has 92 valence electrons. The summed E-state index contributed by atoms with van der Waals surface area (Å²) >= 11 is 0. The molecule has 1 saturated heterocycles. The monoisotopic (exact) mass is 229 g/mol. The Bertz CT molecular complexity index is 252. The predicted octanol–water partition coefficient (Wildman–Crippen LogP) is -1.000. The van der Waals surface area contributed by atoms with E-state index in [2.05, 4.69) is 5.32 Å². The summed E-state index contributed by atoms with van der Waals surface area (Å²) in [5, 5.41) is 11.3. The number of hydrogen-bond acceptors (Lipinski definition) is 4. The van der Waals surface area contributed by atoms with Gasteiger partial charge in [0.1, 0.15) is 6.04 Å². The van der Waals surface area contributed by atoms with E-state index in [9.17, 15) is 9.59 Å². The molecule has 6 heteroatoms. The Labute approximate surface area is 94.8 Å². The van der Waals surface area contributed by atoms with Crippen molar-refractivity contribution in [2.24, 2.45) is 5.73 Å². The minimum atomic E-state index is -1.06. The summed E-state index contributed by atoms with van der Waals surface area (Å²) in [6.45, 7) is 1.91. The molecule has 1 rings (SSSR count). The Hall–Kier alpha value is -1.14. The van der Waals surface area contributed by atoms with Crippen LogP contribution < -0.4 is 11.1 Å². The number of piperidine rings is 1. The molecule has 0 aromatic rings. The van der Waals surface area contributed by atoms with E-state index in [1.807, 2.05) is 4.90 Å². The van der Waals surface area contributed by atoms with Crippen LogP contribution in [0.4, 0.5) is 0 Å². The first-order valence-electron chi connectivity index (χ1n) is 5.58. The number of carbonyl (C=O) groups is 2. The third kappa shape index (κ3) is 4.16. The van der Waals surface area contributed by atoms with Crippen molar-refractivity contribution in [2.45, 2.75) is 25.3 Å². The molecule has 1 fully saturated rings. The molecule has 16 heavy (non-hydrogen) atoms. The van der Waals surface area contributed by atoms with Crippen LogP contribution in [-0.4, -0.2) is 54.1 Å². The highest BCUT2D eigenvalue weighted by Crippen LogP contribution is 2.07. The summed E-state index contributed by atoms with van der Waals surface area (Å²) in [7, 11) is 0. The van der Waals surface area contributed by atoms with E-state index in [1.54, 1.807) is 0 Å². The molecule has 0 aromatic carbocycles. The Kier molecular flexibility index (Phi) is 5.21. The number of rotatable bonds is 5. The molecule has 1 heterocycles. The van der Waals surface area contributed by atoms with Gasteiger partial charge in [-0.1, -0.05) is 0 Å². The second-order valence-corrected chi connectivity index (χ2v) is 4.02. The maximum atomic E-state index is 11.6. The average molecular weight is 229 g/mol. The minimum Gasteiger partial charge on any atom is -0.480 e. The van der Waals surface area contributed by atoms with Crippen LogP contribution in [0.1, 0.15) is 19.3 Å². The molecule has 1 amide bonds. The second-order valence-electron chi connectivity index (χ2n) is 4.02. The smallest absolute Gasteiger partial charge is 0.321 e. The molecule has 4 N–H and O–H groups in total. The van der Waals surface area contributed by atoms with Crippen molar-refractivity contribution in [2.75, 3.05) is 26.2 Å². The molecule has 1 aliphatic heterocycles. The average Bonchev–Trinajstić information content (AvgIpc) is 2.29. The number of likely N-dealkylation sites (tertiary alicyclic amines) is 1. The number of carboxylic acid groups (broad SMARTS) is 1. The summed E-state index contributed by atoms with van der Waals surface area (Å²) in [5.74, 6) is -1.03. The Balaban J connectivity index is 2.16. The third-order valence-corrected chi connectivity index (χ3v) is 2.67. The molecule has 0 aromatic heterocycles. The molecule has 0 saturated carbocycles. The molecule has 0 bridgehead atoms. The fourth-order valence-corrected chi connectivity index (χ4v) is 1.68. The fraction of sp³-hybridized carbons (Fsp3) is 0.800. The Morgan fingerprint density at radius 1 is 1.31 bits per heavy atom. The van der Waals surface area contributed by atoms with Crippen LogP contribution in [0, 0.1) is 0 Å². The van der Waals surface area contributed by atoms with Gasteiger partial charge in [0, 0.05) is 19.6 Å². The van der Waals surface area contributed by atoms with E-state index in [0.29, 0.717) is 0 Å². The van der Waals surface area contributed by atoms with Crippen molar-refractivity contribution in [3.05, 3.63) is 0 Å². The number of nitrogens with one attached hydrogen (secondary N) is 1. The molecule has 6 nitrogen and oxygen atoms in total. The van der Waals surface area contributed by atoms with Gasteiger partial charge in [0.2, 0.25) is 5.91 Å². The van der Waals surface area contributed by atoms with Crippen molar-refractivity contribution in [3.63, 3.8) is 0 Å². The van der Waals surface area contributed by atoms with Gasteiger partial charge in [-0.2, -0.15) is 0 Å². The van der Waals surface area contributed by atoms with Gasteiger partial charge in [-0.05, 0) is 19.3 Å². The van der Waals surface area contributed by atoms with Crippen molar-refractivity contribution < 1.29 is 14.7 Å². The van der Waals surface area contributed by atoms with Crippen LogP contribution in [0.5, 0.6) is 0 Å². The normalized spacial score (nSPS) is 18.2. The highest BCUT2D eigenvalue weighted by molar-refractivity contribution is 5.78. The van der Waals surface area contributed by atoms with E-state index < -0.39 is 12.0 Å². The molecular formula is C10H19N3O3. The van der Waals surface area contributed by atoms with Crippen LogP contribution in [0.3, 0.4) is 0 Å². The first kappa shape index (κ1) is 12.9. The van der Waals surface area contributed by atoms with E-state index in [1.165, 1.54) is 6.42 Å². The third-order valence-electron chi connectivity index (χ3n) is 2.67. The van der Waals surface area contributed by atoms with E-state index in [4.69, 9.17) is 10.8 Å². The second kappa shape index (κ2) is 6.44. The van der Waals surface area contributed by atoms with E-state index in [-0.39, 0.29) is 19.0 Å². The summed E-state index contributed by atoms with van der Waals surface area (Å²) in [4.78, 5) is 23.8. The zero-order chi connectivity index (χ0) is 12.0. The first-order chi connectivity index (χ1) is 7.61. The van der Waals surface area contributed by atoms with Crippen LogP contribution in [0.25, 0.3) is 0 Å². The number of nitrogens with zero attached hydrogens (tertiary/aromatic N) is 1.